The van der Waals surface area contributed by atoms with Gasteiger partial charge in [0.05, 0.1) is 40.6 Å². The fourth-order valence-electron chi connectivity index (χ4n) is 6.05. The molecule has 0 saturated heterocycles. The lowest BCUT2D eigenvalue weighted by molar-refractivity contribution is -0.132. The van der Waals surface area contributed by atoms with E-state index in [-0.39, 0.29) is 24.5 Å². The van der Waals surface area contributed by atoms with Crippen LogP contribution in [0.25, 0.3) is 0 Å². The summed E-state index contributed by atoms with van der Waals surface area (Å²) < 4.78 is 25.4. The topological polar surface area (TPSA) is 161 Å². The quantitative estimate of drug-likeness (QED) is 0.202. The molecule has 2 aliphatic carbocycles. The summed E-state index contributed by atoms with van der Waals surface area (Å²) in [6, 6.07) is 7.48. The van der Waals surface area contributed by atoms with Crippen molar-refractivity contribution in [2.45, 2.75) is 114 Å². The van der Waals surface area contributed by atoms with Crippen molar-refractivity contribution in [1.29, 1.82) is 0 Å². The van der Waals surface area contributed by atoms with Crippen molar-refractivity contribution in [2.24, 2.45) is 17.8 Å². The number of amides is 2. The summed E-state index contributed by atoms with van der Waals surface area (Å²) in [5.74, 6) is -1.99. The minimum atomic E-state index is -3.67. The first-order chi connectivity index (χ1) is 20.8. The molecule has 10 nitrogen and oxygen atoms in total. The van der Waals surface area contributed by atoms with E-state index in [1.165, 1.54) is 12.7 Å². The van der Waals surface area contributed by atoms with E-state index in [1.807, 2.05) is 30.3 Å². The van der Waals surface area contributed by atoms with Crippen LogP contribution in [-0.2, 0) is 32.3 Å². The second-order valence-corrected chi connectivity index (χ2v) is 16.6. The predicted octanol–water partition coefficient (Wildman–Crippen LogP) is 3.10. The minimum Gasteiger partial charge on any atom is -0.390 e. The van der Waals surface area contributed by atoms with Crippen LogP contribution in [0.15, 0.2) is 42.9 Å². The van der Waals surface area contributed by atoms with Crippen LogP contribution >= 0.6 is 0 Å². The third kappa shape index (κ3) is 9.62. The molecule has 5 N–H and O–H groups in total. The first-order valence-electron chi connectivity index (χ1n) is 16.0. The van der Waals surface area contributed by atoms with E-state index in [0.717, 1.165) is 44.1 Å². The van der Waals surface area contributed by atoms with Crippen LogP contribution in [0.5, 0.6) is 0 Å². The number of benzene rings is 1. The monoisotopic (exact) mass is 630 g/mol. The molecule has 2 aromatic rings. The van der Waals surface area contributed by atoms with Crippen LogP contribution in [0.3, 0.4) is 0 Å². The summed E-state index contributed by atoms with van der Waals surface area (Å²) in [5, 5.41) is 27.8. The highest BCUT2D eigenvalue weighted by atomic mass is 32.2. The molecule has 5 atom stereocenters. The molecule has 2 aliphatic rings. The molecule has 2 saturated carbocycles. The molecular formula is C33H50N4O6S. The molecule has 244 valence electrons. The zero-order valence-electron chi connectivity index (χ0n) is 26.2. The van der Waals surface area contributed by atoms with Gasteiger partial charge in [0.2, 0.25) is 11.8 Å². The molecule has 44 heavy (non-hydrogen) atoms. The molecule has 1 aromatic carbocycles. The molecule has 0 aliphatic heterocycles. The van der Waals surface area contributed by atoms with Gasteiger partial charge in [-0.1, -0.05) is 62.4 Å². The van der Waals surface area contributed by atoms with Gasteiger partial charge in [-0.25, -0.2) is 13.4 Å². The summed E-state index contributed by atoms with van der Waals surface area (Å²) in [7, 11) is -3.67. The number of carbonyl (C=O) groups excluding carboxylic acids is 2. The van der Waals surface area contributed by atoms with Gasteiger partial charge in [-0.05, 0) is 63.9 Å². The van der Waals surface area contributed by atoms with E-state index in [1.54, 1.807) is 27.0 Å². The number of sulfone groups is 1. The average molecular weight is 631 g/mol. The van der Waals surface area contributed by atoms with Gasteiger partial charge in [-0.3, -0.25) is 9.59 Å². The molecule has 1 aromatic heterocycles. The summed E-state index contributed by atoms with van der Waals surface area (Å²) in [6.07, 6.45) is 8.97. The molecule has 2 amide bonds. The fourth-order valence-corrected chi connectivity index (χ4v) is 7.35. The maximum absolute atomic E-state index is 13.9. The Bertz CT molecular complexity index is 1300. The molecular weight excluding hydrogens is 580 g/mol. The van der Waals surface area contributed by atoms with Gasteiger partial charge in [0.15, 0.2) is 9.84 Å². The number of H-pyrrole nitrogens is 1. The highest BCUT2D eigenvalue weighted by Gasteiger charge is 2.41. The first-order valence-corrected chi connectivity index (χ1v) is 17.7. The van der Waals surface area contributed by atoms with Crippen LogP contribution in [0.2, 0.25) is 0 Å². The minimum absolute atomic E-state index is 0.0267. The molecule has 11 heteroatoms. The predicted molar refractivity (Wildman–Crippen MR) is 169 cm³/mol. The van der Waals surface area contributed by atoms with Gasteiger partial charge in [-0.15, -0.1) is 0 Å². The van der Waals surface area contributed by atoms with E-state index < -0.39 is 56.6 Å². The number of aliphatic hydroxyl groups excluding tert-OH is 2. The SMILES string of the molecule is CC(C)(C)S(=O)(=O)C[C@@H](Cc1ccccc1)C(=O)N[C@@H](Cc1c[nH]cn1)C(=O)N[C@H](CC1CCCCC1)[C@H](O)[C@H](O)C1CC1. The number of nitrogens with one attached hydrogen (secondary N) is 3. The van der Waals surface area contributed by atoms with Gasteiger partial charge >= 0.3 is 0 Å². The lowest BCUT2D eigenvalue weighted by Gasteiger charge is -2.33. The van der Waals surface area contributed by atoms with E-state index in [0.29, 0.717) is 18.0 Å². The highest BCUT2D eigenvalue weighted by molar-refractivity contribution is 7.92. The zero-order valence-corrected chi connectivity index (χ0v) is 27.1. The number of carbonyl (C=O) groups is 2. The molecule has 0 bridgehead atoms. The van der Waals surface area contributed by atoms with E-state index in [2.05, 4.69) is 20.6 Å². The third-order valence-electron chi connectivity index (χ3n) is 9.16. The lowest BCUT2D eigenvalue weighted by Crippen LogP contribution is -2.57. The second-order valence-electron chi connectivity index (χ2n) is 13.8. The summed E-state index contributed by atoms with van der Waals surface area (Å²) in [6.45, 7) is 4.84. The molecule has 4 rings (SSSR count). The van der Waals surface area contributed by atoms with Crippen molar-refractivity contribution in [1.82, 2.24) is 20.6 Å². The van der Waals surface area contributed by atoms with Crippen LogP contribution < -0.4 is 10.6 Å². The van der Waals surface area contributed by atoms with Crippen molar-refractivity contribution < 1.29 is 28.2 Å². The van der Waals surface area contributed by atoms with Crippen molar-refractivity contribution in [3.05, 3.63) is 54.1 Å². The Morgan fingerprint density at radius 3 is 2.25 bits per heavy atom. The number of hydrogen-bond donors (Lipinski definition) is 5. The first kappa shape index (κ1) is 34.1. The molecule has 0 radical (unpaired) electrons. The van der Waals surface area contributed by atoms with Crippen molar-refractivity contribution in [3.8, 4) is 0 Å². The molecule has 0 unspecified atom stereocenters. The number of aromatic amines is 1. The summed E-state index contributed by atoms with van der Waals surface area (Å²) in [5.41, 5.74) is 1.37. The standard InChI is InChI=1S/C33H50N4O6S/c1-33(2,3)44(42,43)20-25(16-22-10-6-4-7-11-22)31(40)37-28(18-26-19-34-21-35-26)32(41)36-27(17-23-12-8-5-9-13-23)30(39)29(38)24-14-15-24/h4,6-7,10-11,19,21,23-25,27-30,38-39H,5,8-9,12-18,20H2,1-3H3,(H,34,35)(H,36,41)(H,37,40)/t25-,27-,28+,29-,30+/m1/s1. The van der Waals surface area contributed by atoms with Crippen LogP contribution in [0.4, 0.5) is 0 Å². The largest absolute Gasteiger partial charge is 0.390 e. The highest BCUT2D eigenvalue weighted by Crippen LogP contribution is 2.36. The number of aromatic nitrogens is 2. The Balaban J connectivity index is 1.56. The Morgan fingerprint density at radius 2 is 1.66 bits per heavy atom. The van der Waals surface area contributed by atoms with Crippen LogP contribution in [-0.4, -0.2) is 75.2 Å². The molecule has 0 spiro atoms. The maximum Gasteiger partial charge on any atom is 0.243 e. The van der Waals surface area contributed by atoms with E-state index in [9.17, 15) is 28.2 Å². The fraction of sp³-hybridized carbons (Fsp3) is 0.667. The second kappa shape index (κ2) is 15.0. The zero-order chi connectivity index (χ0) is 31.9. The number of rotatable bonds is 15. The number of hydrogen-bond acceptors (Lipinski definition) is 7. The van der Waals surface area contributed by atoms with Gasteiger partial charge in [0.25, 0.3) is 0 Å². The Kier molecular flexibility index (Phi) is 11.6. The maximum atomic E-state index is 13.9. The Hall–Kier alpha value is -2.76. The summed E-state index contributed by atoms with van der Waals surface area (Å²) in [4.78, 5) is 34.9. The van der Waals surface area contributed by atoms with Gasteiger partial charge in [0.1, 0.15) is 12.1 Å². The van der Waals surface area contributed by atoms with Crippen molar-refractivity contribution in [2.75, 3.05) is 5.75 Å². The van der Waals surface area contributed by atoms with Gasteiger partial charge < -0.3 is 25.8 Å². The average Bonchev–Trinajstić information content (AvgIpc) is 3.71. The van der Waals surface area contributed by atoms with Crippen LogP contribution in [0, 0.1) is 17.8 Å². The Morgan fingerprint density at radius 1 is 0.977 bits per heavy atom. The van der Waals surface area contributed by atoms with Crippen molar-refractivity contribution in [3.63, 3.8) is 0 Å². The number of imidazole rings is 1. The van der Waals surface area contributed by atoms with E-state index in [4.69, 9.17) is 0 Å². The lowest BCUT2D eigenvalue weighted by atomic mass is 9.82. The molecule has 2 fully saturated rings. The van der Waals surface area contributed by atoms with Crippen LogP contribution in [0.1, 0.15) is 83.4 Å². The van der Waals surface area contributed by atoms with Gasteiger partial charge in [0, 0.05) is 12.6 Å². The normalized spacial score (nSPS) is 19.8. The number of nitrogens with zero attached hydrogens (tertiary/aromatic N) is 1. The van der Waals surface area contributed by atoms with E-state index >= 15 is 0 Å². The Labute approximate surface area is 261 Å². The van der Waals surface area contributed by atoms with Crippen molar-refractivity contribution >= 4 is 21.7 Å². The summed E-state index contributed by atoms with van der Waals surface area (Å²) >= 11 is 0. The number of aliphatic hydroxyl groups is 2. The third-order valence-corrected chi connectivity index (χ3v) is 11.9. The van der Waals surface area contributed by atoms with Gasteiger partial charge in [-0.2, -0.15) is 0 Å². The molecule has 1 heterocycles. The smallest absolute Gasteiger partial charge is 0.243 e.